The number of nitrogens with one attached hydrogen (secondary N) is 3. The van der Waals surface area contributed by atoms with Gasteiger partial charge in [0.05, 0.1) is 5.52 Å². The highest BCUT2D eigenvalue weighted by atomic mass is 19.1. The fourth-order valence-corrected chi connectivity index (χ4v) is 3.62. The van der Waals surface area contributed by atoms with Crippen LogP contribution in [0.25, 0.3) is 22.2 Å². The Hall–Kier alpha value is -3.22. The van der Waals surface area contributed by atoms with Crippen molar-refractivity contribution in [2.45, 2.75) is 25.3 Å². The molecular weight excluding hydrogens is 364 g/mol. The van der Waals surface area contributed by atoms with E-state index in [4.69, 9.17) is 0 Å². The SMILES string of the molecule is O=C(CCc1c(-c2ccccc2)[nH]c2c(F)cc(F)cc12)N[C@H]1CCNC1=O. The summed E-state index contributed by atoms with van der Waals surface area (Å²) in [5.74, 6) is -1.80. The summed E-state index contributed by atoms with van der Waals surface area (Å²) in [6.07, 6.45) is 0.950. The van der Waals surface area contributed by atoms with Gasteiger partial charge in [0.1, 0.15) is 17.7 Å². The van der Waals surface area contributed by atoms with E-state index in [1.54, 1.807) is 0 Å². The number of aryl methyl sites for hydroxylation is 1. The minimum atomic E-state index is -0.675. The van der Waals surface area contributed by atoms with Crippen molar-refractivity contribution in [2.75, 3.05) is 6.54 Å². The third kappa shape index (κ3) is 3.47. The Morgan fingerprint density at radius 2 is 1.96 bits per heavy atom. The van der Waals surface area contributed by atoms with E-state index in [1.807, 2.05) is 30.3 Å². The molecule has 1 aliphatic heterocycles. The Bertz CT molecular complexity index is 1050. The van der Waals surface area contributed by atoms with Gasteiger partial charge in [-0.3, -0.25) is 9.59 Å². The van der Waals surface area contributed by atoms with Crippen LogP contribution in [0.15, 0.2) is 42.5 Å². The summed E-state index contributed by atoms with van der Waals surface area (Å²) in [4.78, 5) is 27.0. The molecule has 1 saturated heterocycles. The molecule has 1 aliphatic rings. The van der Waals surface area contributed by atoms with E-state index in [-0.39, 0.29) is 30.2 Å². The smallest absolute Gasteiger partial charge is 0.242 e. The molecule has 0 unspecified atom stereocenters. The van der Waals surface area contributed by atoms with E-state index in [2.05, 4.69) is 15.6 Å². The molecule has 28 heavy (non-hydrogen) atoms. The first-order valence-corrected chi connectivity index (χ1v) is 9.15. The first kappa shape index (κ1) is 18.2. The maximum atomic E-state index is 14.3. The van der Waals surface area contributed by atoms with Crippen molar-refractivity contribution >= 4 is 22.7 Å². The lowest BCUT2D eigenvalue weighted by atomic mass is 10.0. The molecule has 2 amide bonds. The van der Waals surface area contributed by atoms with Crippen LogP contribution in [0.1, 0.15) is 18.4 Å². The van der Waals surface area contributed by atoms with E-state index in [9.17, 15) is 18.4 Å². The maximum Gasteiger partial charge on any atom is 0.242 e. The molecule has 0 spiro atoms. The molecule has 7 heteroatoms. The number of rotatable bonds is 5. The van der Waals surface area contributed by atoms with E-state index in [1.165, 1.54) is 6.07 Å². The lowest BCUT2D eigenvalue weighted by Crippen LogP contribution is -2.40. The average Bonchev–Trinajstić information content (AvgIpc) is 3.24. The van der Waals surface area contributed by atoms with Gasteiger partial charge in [-0.15, -0.1) is 0 Å². The van der Waals surface area contributed by atoms with Gasteiger partial charge >= 0.3 is 0 Å². The normalized spacial score (nSPS) is 16.4. The van der Waals surface area contributed by atoms with E-state index >= 15 is 0 Å². The maximum absolute atomic E-state index is 14.3. The van der Waals surface area contributed by atoms with Gasteiger partial charge in [0.2, 0.25) is 11.8 Å². The van der Waals surface area contributed by atoms with Crippen LogP contribution in [-0.2, 0) is 16.0 Å². The number of carbonyl (C=O) groups excluding carboxylic acids is 2. The third-order valence-electron chi connectivity index (χ3n) is 4.98. The second kappa shape index (κ2) is 7.42. The molecule has 4 rings (SSSR count). The van der Waals surface area contributed by atoms with Crippen LogP contribution in [-0.4, -0.2) is 29.4 Å². The van der Waals surface area contributed by atoms with Gasteiger partial charge in [0.15, 0.2) is 0 Å². The Balaban J connectivity index is 1.64. The molecule has 1 atom stereocenters. The largest absolute Gasteiger partial charge is 0.354 e. The standard InChI is InChI=1S/C21H19F2N3O2/c22-13-10-15-14(6-7-18(27)25-17-8-9-24-21(17)28)19(12-4-2-1-3-5-12)26-20(15)16(23)11-13/h1-5,10-11,17,26H,6-9H2,(H,24,28)(H,25,27)/t17-/m0/s1. The number of benzene rings is 2. The van der Waals surface area contributed by atoms with Crippen LogP contribution < -0.4 is 10.6 Å². The van der Waals surface area contributed by atoms with Crippen molar-refractivity contribution in [1.82, 2.24) is 15.6 Å². The number of aromatic amines is 1. The van der Waals surface area contributed by atoms with Crippen LogP contribution in [0, 0.1) is 11.6 Å². The van der Waals surface area contributed by atoms with Crippen LogP contribution in [0.2, 0.25) is 0 Å². The summed E-state index contributed by atoms with van der Waals surface area (Å²) in [5.41, 5.74) is 2.37. The van der Waals surface area contributed by atoms with E-state index in [0.29, 0.717) is 29.6 Å². The van der Waals surface area contributed by atoms with Gasteiger partial charge in [0.25, 0.3) is 0 Å². The Kier molecular flexibility index (Phi) is 4.81. The highest BCUT2D eigenvalue weighted by molar-refractivity contribution is 5.92. The second-order valence-electron chi connectivity index (χ2n) is 6.85. The number of H-pyrrole nitrogens is 1. The Morgan fingerprint density at radius 1 is 1.18 bits per heavy atom. The lowest BCUT2D eigenvalue weighted by Gasteiger charge is -2.10. The number of carbonyl (C=O) groups is 2. The molecule has 3 aromatic rings. The summed E-state index contributed by atoms with van der Waals surface area (Å²) >= 11 is 0. The number of fused-ring (bicyclic) bond motifs is 1. The molecule has 2 heterocycles. The van der Waals surface area contributed by atoms with Crippen molar-refractivity contribution in [1.29, 1.82) is 0 Å². The summed E-state index contributed by atoms with van der Waals surface area (Å²) in [7, 11) is 0. The topological polar surface area (TPSA) is 74.0 Å². The quantitative estimate of drug-likeness (QED) is 0.634. The monoisotopic (exact) mass is 383 g/mol. The minimum absolute atomic E-state index is 0.106. The second-order valence-corrected chi connectivity index (χ2v) is 6.85. The summed E-state index contributed by atoms with van der Waals surface area (Å²) in [6, 6.07) is 10.9. The first-order valence-electron chi connectivity index (χ1n) is 9.15. The fraction of sp³-hybridized carbons (Fsp3) is 0.238. The molecule has 1 aromatic heterocycles. The van der Waals surface area contributed by atoms with Gasteiger partial charge in [-0.05, 0) is 30.0 Å². The fourth-order valence-electron chi connectivity index (χ4n) is 3.62. The summed E-state index contributed by atoms with van der Waals surface area (Å²) < 4.78 is 28.1. The molecule has 0 bridgehead atoms. The summed E-state index contributed by atoms with van der Waals surface area (Å²) in [5, 5.41) is 5.80. The summed E-state index contributed by atoms with van der Waals surface area (Å²) in [6.45, 7) is 0.545. The molecule has 0 aliphatic carbocycles. The Morgan fingerprint density at radius 3 is 2.68 bits per heavy atom. The average molecular weight is 383 g/mol. The Labute approximate surface area is 160 Å². The zero-order chi connectivity index (χ0) is 19.7. The molecular formula is C21H19F2N3O2. The molecule has 0 saturated carbocycles. The van der Waals surface area contributed by atoms with Gasteiger partial charge < -0.3 is 15.6 Å². The molecule has 3 N–H and O–H groups in total. The minimum Gasteiger partial charge on any atom is -0.354 e. The van der Waals surface area contributed by atoms with Gasteiger partial charge in [-0.2, -0.15) is 0 Å². The van der Waals surface area contributed by atoms with Gasteiger partial charge in [0, 0.05) is 30.1 Å². The predicted octanol–water partition coefficient (Wildman–Crippen LogP) is 3.05. The van der Waals surface area contributed by atoms with E-state index < -0.39 is 17.7 Å². The molecule has 0 radical (unpaired) electrons. The first-order chi connectivity index (χ1) is 13.5. The third-order valence-corrected chi connectivity index (χ3v) is 4.98. The van der Waals surface area contributed by atoms with Gasteiger partial charge in [-0.25, -0.2) is 8.78 Å². The number of aromatic nitrogens is 1. The zero-order valence-electron chi connectivity index (χ0n) is 15.0. The molecule has 2 aromatic carbocycles. The lowest BCUT2D eigenvalue weighted by molar-refractivity contribution is -0.127. The number of amides is 2. The molecule has 5 nitrogen and oxygen atoms in total. The van der Waals surface area contributed by atoms with Crippen LogP contribution in [0.5, 0.6) is 0 Å². The van der Waals surface area contributed by atoms with E-state index in [0.717, 1.165) is 11.6 Å². The van der Waals surface area contributed by atoms with Crippen molar-refractivity contribution < 1.29 is 18.4 Å². The van der Waals surface area contributed by atoms with Crippen molar-refractivity contribution in [3.63, 3.8) is 0 Å². The number of halogens is 2. The highest BCUT2D eigenvalue weighted by Crippen LogP contribution is 2.33. The predicted molar refractivity (Wildman–Crippen MR) is 102 cm³/mol. The van der Waals surface area contributed by atoms with Gasteiger partial charge in [-0.1, -0.05) is 30.3 Å². The van der Waals surface area contributed by atoms with Crippen molar-refractivity contribution in [2.24, 2.45) is 0 Å². The number of hydrogen-bond donors (Lipinski definition) is 3. The van der Waals surface area contributed by atoms with Crippen molar-refractivity contribution in [3.8, 4) is 11.3 Å². The van der Waals surface area contributed by atoms with Crippen molar-refractivity contribution in [3.05, 3.63) is 59.7 Å². The molecule has 144 valence electrons. The van der Waals surface area contributed by atoms with Crippen LogP contribution in [0.3, 0.4) is 0 Å². The van der Waals surface area contributed by atoms with Crippen LogP contribution in [0.4, 0.5) is 8.78 Å². The van der Waals surface area contributed by atoms with Crippen LogP contribution >= 0.6 is 0 Å². The highest BCUT2D eigenvalue weighted by Gasteiger charge is 2.25. The zero-order valence-corrected chi connectivity index (χ0v) is 15.0. The number of hydrogen-bond acceptors (Lipinski definition) is 2. The molecule has 1 fully saturated rings.